The maximum atomic E-state index is 11.9. The van der Waals surface area contributed by atoms with Gasteiger partial charge in [0.15, 0.2) is 5.69 Å². The second kappa shape index (κ2) is 5.70. The highest BCUT2D eigenvalue weighted by molar-refractivity contribution is 6.02. The predicted molar refractivity (Wildman–Crippen MR) is 81.3 cm³/mol. The van der Waals surface area contributed by atoms with Gasteiger partial charge in [0.2, 0.25) is 0 Å². The molecule has 0 aliphatic carbocycles. The number of carbonyl (C=O) groups is 1. The molecule has 0 aliphatic rings. The Kier molecular flexibility index (Phi) is 3.58. The minimum atomic E-state index is -0.458. The normalized spacial score (nSPS) is 10.4. The zero-order valence-corrected chi connectivity index (χ0v) is 12.0. The van der Waals surface area contributed by atoms with Gasteiger partial charge in [-0.2, -0.15) is 10.4 Å². The quantitative estimate of drug-likeness (QED) is 0.696. The first-order valence-corrected chi connectivity index (χ1v) is 6.76. The van der Waals surface area contributed by atoms with Crippen LogP contribution in [0.3, 0.4) is 0 Å². The van der Waals surface area contributed by atoms with Gasteiger partial charge in [0, 0.05) is 5.39 Å². The van der Waals surface area contributed by atoms with E-state index in [1.807, 2.05) is 42.5 Å². The van der Waals surface area contributed by atoms with Gasteiger partial charge in [-0.05, 0) is 23.8 Å². The number of hydrogen-bond acceptors (Lipinski definition) is 4. The van der Waals surface area contributed by atoms with Crippen LogP contribution in [-0.4, -0.2) is 22.9 Å². The summed E-state index contributed by atoms with van der Waals surface area (Å²) in [5, 5.41) is 14.1. The minimum Gasteiger partial charge on any atom is -0.464 e. The highest BCUT2D eigenvalue weighted by Crippen LogP contribution is 2.20. The molecule has 5 heteroatoms. The molecular formula is C17H13N3O2. The first kappa shape index (κ1) is 13.8. The topological polar surface area (TPSA) is 67.9 Å². The Bertz CT molecular complexity index is 890. The molecule has 0 aliphatic heterocycles. The number of benzene rings is 2. The predicted octanol–water partition coefficient (Wildman–Crippen LogP) is 2.74. The third kappa shape index (κ3) is 2.42. The highest BCUT2D eigenvalue weighted by Gasteiger charge is 2.17. The number of esters is 1. The van der Waals surface area contributed by atoms with Crippen LogP contribution in [0.25, 0.3) is 10.9 Å². The van der Waals surface area contributed by atoms with E-state index in [1.54, 1.807) is 10.7 Å². The molecule has 1 aromatic heterocycles. The summed E-state index contributed by atoms with van der Waals surface area (Å²) in [7, 11) is 1.34. The Morgan fingerprint density at radius 2 is 2.09 bits per heavy atom. The van der Waals surface area contributed by atoms with E-state index in [4.69, 9.17) is 10.00 Å². The van der Waals surface area contributed by atoms with Gasteiger partial charge < -0.3 is 4.74 Å². The standard InChI is InChI=1S/C17H13N3O2/c1-22-17(21)16-14-7-2-3-8-15(14)20(19-16)11-13-6-4-5-12(9-13)10-18/h2-9H,11H2,1H3. The van der Waals surface area contributed by atoms with Gasteiger partial charge in [0.05, 0.1) is 30.8 Å². The van der Waals surface area contributed by atoms with Crippen molar-refractivity contribution in [3.8, 4) is 6.07 Å². The summed E-state index contributed by atoms with van der Waals surface area (Å²) < 4.78 is 6.53. The Hall–Kier alpha value is -3.13. The van der Waals surface area contributed by atoms with Gasteiger partial charge in [0.25, 0.3) is 0 Å². The fourth-order valence-corrected chi connectivity index (χ4v) is 2.41. The molecular weight excluding hydrogens is 278 g/mol. The molecule has 22 heavy (non-hydrogen) atoms. The van der Waals surface area contributed by atoms with Crippen LogP contribution in [0.15, 0.2) is 48.5 Å². The van der Waals surface area contributed by atoms with Crippen molar-refractivity contribution in [1.29, 1.82) is 5.26 Å². The highest BCUT2D eigenvalue weighted by atomic mass is 16.5. The molecule has 0 N–H and O–H groups in total. The lowest BCUT2D eigenvalue weighted by atomic mass is 10.1. The van der Waals surface area contributed by atoms with E-state index in [0.29, 0.717) is 17.8 Å². The Morgan fingerprint density at radius 1 is 1.27 bits per heavy atom. The SMILES string of the molecule is COC(=O)c1nn(Cc2cccc(C#N)c2)c2ccccc12. The van der Waals surface area contributed by atoms with Gasteiger partial charge in [-0.25, -0.2) is 4.79 Å². The summed E-state index contributed by atoms with van der Waals surface area (Å²) in [5.41, 5.74) is 2.70. The van der Waals surface area contributed by atoms with E-state index in [0.717, 1.165) is 16.5 Å². The van der Waals surface area contributed by atoms with Crippen LogP contribution in [0, 0.1) is 11.3 Å². The molecule has 0 unspecified atom stereocenters. The second-order valence-electron chi connectivity index (χ2n) is 4.83. The fourth-order valence-electron chi connectivity index (χ4n) is 2.41. The van der Waals surface area contributed by atoms with Crippen molar-refractivity contribution in [3.05, 3.63) is 65.4 Å². The van der Waals surface area contributed by atoms with Gasteiger partial charge in [-0.15, -0.1) is 0 Å². The van der Waals surface area contributed by atoms with Crippen LogP contribution in [-0.2, 0) is 11.3 Å². The smallest absolute Gasteiger partial charge is 0.359 e. The van der Waals surface area contributed by atoms with Gasteiger partial charge in [0.1, 0.15) is 0 Å². The van der Waals surface area contributed by atoms with E-state index in [1.165, 1.54) is 7.11 Å². The molecule has 0 spiro atoms. The van der Waals surface area contributed by atoms with Crippen molar-refractivity contribution in [1.82, 2.24) is 9.78 Å². The fraction of sp³-hybridized carbons (Fsp3) is 0.118. The van der Waals surface area contributed by atoms with Crippen LogP contribution in [0.4, 0.5) is 0 Å². The van der Waals surface area contributed by atoms with Crippen LogP contribution < -0.4 is 0 Å². The Morgan fingerprint density at radius 3 is 2.86 bits per heavy atom. The molecule has 1 heterocycles. The van der Waals surface area contributed by atoms with Crippen LogP contribution in [0.5, 0.6) is 0 Å². The van der Waals surface area contributed by atoms with Crippen LogP contribution in [0.2, 0.25) is 0 Å². The maximum absolute atomic E-state index is 11.9. The van der Waals surface area contributed by atoms with Crippen molar-refractivity contribution < 1.29 is 9.53 Å². The number of para-hydroxylation sites is 1. The van der Waals surface area contributed by atoms with Crippen molar-refractivity contribution in [3.63, 3.8) is 0 Å². The number of nitriles is 1. The number of carbonyl (C=O) groups excluding carboxylic acids is 1. The van der Waals surface area contributed by atoms with Crippen LogP contribution >= 0.6 is 0 Å². The summed E-state index contributed by atoms with van der Waals surface area (Å²) in [4.78, 5) is 11.9. The van der Waals surface area contributed by atoms with Crippen molar-refractivity contribution in [2.45, 2.75) is 6.54 Å². The first-order chi connectivity index (χ1) is 10.7. The molecule has 3 aromatic rings. The van der Waals surface area contributed by atoms with E-state index < -0.39 is 5.97 Å². The molecule has 3 rings (SSSR count). The molecule has 0 bridgehead atoms. The lowest BCUT2D eigenvalue weighted by Crippen LogP contribution is -2.06. The summed E-state index contributed by atoms with van der Waals surface area (Å²) in [6.07, 6.45) is 0. The third-order valence-corrected chi connectivity index (χ3v) is 3.43. The molecule has 108 valence electrons. The van der Waals surface area contributed by atoms with Gasteiger partial charge in [-0.3, -0.25) is 4.68 Å². The number of hydrogen-bond donors (Lipinski definition) is 0. The molecule has 2 aromatic carbocycles. The number of aromatic nitrogens is 2. The molecule has 0 fully saturated rings. The number of ether oxygens (including phenoxy) is 1. The molecule has 0 atom stereocenters. The summed E-state index contributed by atoms with van der Waals surface area (Å²) >= 11 is 0. The second-order valence-corrected chi connectivity index (χ2v) is 4.83. The van der Waals surface area contributed by atoms with E-state index in [2.05, 4.69) is 11.2 Å². The van der Waals surface area contributed by atoms with E-state index >= 15 is 0 Å². The zero-order chi connectivity index (χ0) is 15.5. The van der Waals surface area contributed by atoms with Crippen molar-refractivity contribution in [2.75, 3.05) is 7.11 Å². The lowest BCUT2D eigenvalue weighted by Gasteiger charge is -2.04. The average molecular weight is 291 g/mol. The van der Waals surface area contributed by atoms with Crippen molar-refractivity contribution >= 4 is 16.9 Å². The number of fused-ring (bicyclic) bond motifs is 1. The zero-order valence-electron chi connectivity index (χ0n) is 12.0. The van der Waals surface area contributed by atoms with Gasteiger partial charge >= 0.3 is 5.97 Å². The van der Waals surface area contributed by atoms with Crippen molar-refractivity contribution in [2.24, 2.45) is 0 Å². The Balaban J connectivity index is 2.07. The van der Waals surface area contributed by atoms with E-state index in [9.17, 15) is 4.79 Å². The minimum absolute atomic E-state index is 0.300. The largest absolute Gasteiger partial charge is 0.464 e. The van der Waals surface area contributed by atoms with Crippen LogP contribution in [0.1, 0.15) is 21.6 Å². The molecule has 5 nitrogen and oxygen atoms in total. The summed E-state index contributed by atoms with van der Waals surface area (Å²) in [6, 6.07) is 17.0. The number of methoxy groups -OCH3 is 1. The van der Waals surface area contributed by atoms with E-state index in [-0.39, 0.29) is 0 Å². The maximum Gasteiger partial charge on any atom is 0.359 e. The molecule has 0 amide bonds. The Labute approximate surface area is 127 Å². The van der Waals surface area contributed by atoms with Gasteiger partial charge in [-0.1, -0.05) is 30.3 Å². The average Bonchev–Trinajstić information content (AvgIpc) is 2.93. The monoisotopic (exact) mass is 291 g/mol. The first-order valence-electron chi connectivity index (χ1n) is 6.76. The number of rotatable bonds is 3. The third-order valence-electron chi connectivity index (χ3n) is 3.43. The summed E-state index contributed by atoms with van der Waals surface area (Å²) in [6.45, 7) is 0.479. The molecule has 0 radical (unpaired) electrons. The lowest BCUT2D eigenvalue weighted by molar-refractivity contribution is 0.0595. The summed E-state index contributed by atoms with van der Waals surface area (Å²) in [5.74, 6) is -0.458. The molecule has 0 saturated carbocycles. The molecule has 0 saturated heterocycles. The number of nitrogens with zero attached hydrogens (tertiary/aromatic N) is 3.